The molecule has 1 amide bonds. The summed E-state index contributed by atoms with van der Waals surface area (Å²) in [6.45, 7) is 10.3. The van der Waals surface area contributed by atoms with Crippen LogP contribution in [0, 0.1) is 28.6 Å². The minimum absolute atomic E-state index is 0.191. The van der Waals surface area contributed by atoms with E-state index in [0.717, 1.165) is 25.2 Å². The third-order valence-corrected chi connectivity index (χ3v) is 7.00. The molecule has 0 aliphatic heterocycles. The SMILES string of the molecule is CCCC(=O)NC1C(C/C=C/CCC(C)(C)C(=O)O)CC2CC1C2(C)C. The topological polar surface area (TPSA) is 66.4 Å². The predicted molar refractivity (Wildman–Crippen MR) is 105 cm³/mol. The maximum Gasteiger partial charge on any atom is 0.309 e. The molecule has 148 valence electrons. The van der Waals surface area contributed by atoms with Crippen molar-refractivity contribution in [3.05, 3.63) is 12.2 Å². The second kappa shape index (κ2) is 8.14. The highest BCUT2D eigenvalue weighted by atomic mass is 16.4. The molecule has 2 N–H and O–H groups in total. The summed E-state index contributed by atoms with van der Waals surface area (Å²) in [6, 6.07) is 0.286. The summed E-state index contributed by atoms with van der Waals surface area (Å²) in [5.74, 6) is 1.33. The first-order valence-electron chi connectivity index (χ1n) is 10.3. The van der Waals surface area contributed by atoms with Gasteiger partial charge >= 0.3 is 5.97 Å². The molecule has 0 radical (unpaired) electrons. The van der Waals surface area contributed by atoms with Crippen molar-refractivity contribution < 1.29 is 14.7 Å². The summed E-state index contributed by atoms with van der Waals surface area (Å²) in [4.78, 5) is 23.4. The molecule has 3 aliphatic rings. The van der Waals surface area contributed by atoms with Crippen LogP contribution in [0.15, 0.2) is 12.2 Å². The Morgan fingerprint density at radius 1 is 1.23 bits per heavy atom. The number of nitrogens with one attached hydrogen (secondary N) is 1. The van der Waals surface area contributed by atoms with E-state index in [-0.39, 0.29) is 11.9 Å². The van der Waals surface area contributed by atoms with Gasteiger partial charge in [0.1, 0.15) is 0 Å². The highest BCUT2D eigenvalue weighted by Gasteiger charge is 2.57. The van der Waals surface area contributed by atoms with Crippen LogP contribution in [0.25, 0.3) is 0 Å². The van der Waals surface area contributed by atoms with Crippen LogP contribution in [-0.2, 0) is 9.59 Å². The van der Waals surface area contributed by atoms with Gasteiger partial charge in [0.25, 0.3) is 0 Å². The quantitative estimate of drug-likeness (QED) is 0.579. The lowest BCUT2D eigenvalue weighted by molar-refractivity contribution is -0.147. The molecular weight excluding hydrogens is 326 g/mol. The van der Waals surface area contributed by atoms with Crippen molar-refractivity contribution in [3.8, 4) is 0 Å². The third-order valence-electron chi connectivity index (χ3n) is 7.00. The summed E-state index contributed by atoms with van der Waals surface area (Å²) in [5, 5.41) is 12.5. The molecule has 4 heteroatoms. The van der Waals surface area contributed by atoms with Crippen LogP contribution in [0.5, 0.6) is 0 Å². The molecule has 4 atom stereocenters. The average Bonchev–Trinajstić information content (AvgIpc) is 2.55. The lowest BCUT2D eigenvalue weighted by Gasteiger charge is -2.62. The number of hydrogen-bond acceptors (Lipinski definition) is 2. The Bertz CT molecular complexity index is 550. The second-order valence-corrected chi connectivity index (χ2v) is 9.63. The Morgan fingerprint density at radius 2 is 1.92 bits per heavy atom. The van der Waals surface area contributed by atoms with Crippen molar-refractivity contribution in [2.45, 2.75) is 85.6 Å². The highest BCUT2D eigenvalue weighted by molar-refractivity contribution is 5.76. The number of carboxylic acids is 1. The van der Waals surface area contributed by atoms with Crippen LogP contribution in [-0.4, -0.2) is 23.0 Å². The number of carboxylic acid groups (broad SMARTS) is 1. The first-order valence-corrected chi connectivity index (χ1v) is 10.3. The summed E-state index contributed by atoms with van der Waals surface area (Å²) >= 11 is 0. The molecule has 0 aromatic rings. The van der Waals surface area contributed by atoms with Crippen molar-refractivity contribution >= 4 is 11.9 Å². The molecule has 0 aromatic carbocycles. The molecular formula is C22H37NO3. The normalized spacial score (nSPS) is 30.0. The maximum atomic E-state index is 12.2. The van der Waals surface area contributed by atoms with Crippen LogP contribution < -0.4 is 5.32 Å². The van der Waals surface area contributed by atoms with Crippen LogP contribution in [0.3, 0.4) is 0 Å². The fourth-order valence-corrected chi connectivity index (χ4v) is 4.79. The fraction of sp³-hybridized carbons (Fsp3) is 0.818. The summed E-state index contributed by atoms with van der Waals surface area (Å²) in [6.07, 6.45) is 10.7. The number of fused-ring (bicyclic) bond motifs is 2. The van der Waals surface area contributed by atoms with Gasteiger partial charge < -0.3 is 10.4 Å². The van der Waals surface area contributed by atoms with Crippen molar-refractivity contribution in [1.29, 1.82) is 0 Å². The minimum atomic E-state index is -0.737. The van der Waals surface area contributed by atoms with Gasteiger partial charge in [0.2, 0.25) is 5.91 Å². The molecule has 0 saturated heterocycles. The van der Waals surface area contributed by atoms with Crippen LogP contribution in [0.4, 0.5) is 0 Å². The second-order valence-electron chi connectivity index (χ2n) is 9.63. The van der Waals surface area contributed by atoms with E-state index in [9.17, 15) is 14.7 Å². The molecule has 3 fully saturated rings. The van der Waals surface area contributed by atoms with E-state index >= 15 is 0 Å². The van der Waals surface area contributed by atoms with E-state index in [2.05, 4.69) is 31.3 Å². The Hall–Kier alpha value is -1.32. The van der Waals surface area contributed by atoms with E-state index in [1.807, 2.05) is 6.92 Å². The number of aliphatic carboxylic acids is 1. The smallest absolute Gasteiger partial charge is 0.309 e. The van der Waals surface area contributed by atoms with E-state index < -0.39 is 11.4 Å². The molecule has 4 unspecified atom stereocenters. The maximum absolute atomic E-state index is 12.2. The van der Waals surface area contributed by atoms with Gasteiger partial charge in [-0.15, -0.1) is 0 Å². The summed E-state index contributed by atoms with van der Waals surface area (Å²) < 4.78 is 0. The minimum Gasteiger partial charge on any atom is -0.481 e. The van der Waals surface area contributed by atoms with Gasteiger partial charge in [0, 0.05) is 12.5 Å². The molecule has 4 nitrogen and oxygen atoms in total. The van der Waals surface area contributed by atoms with Crippen LogP contribution in [0.2, 0.25) is 0 Å². The van der Waals surface area contributed by atoms with Gasteiger partial charge in [0.05, 0.1) is 5.41 Å². The molecule has 0 aromatic heterocycles. The standard InChI is InChI=1S/C22H37NO3/c1-6-10-18(24)23-19-15(13-16-14-17(19)22(16,4)5)11-8-7-9-12-21(2,3)20(25)26/h7-8,15-17,19H,6,9-14H2,1-5H3,(H,23,24)(H,25,26)/b8-7+. The molecule has 3 saturated carbocycles. The van der Waals surface area contributed by atoms with Crippen molar-refractivity contribution in [2.75, 3.05) is 0 Å². The number of hydrogen-bond donors (Lipinski definition) is 2. The van der Waals surface area contributed by atoms with Crippen molar-refractivity contribution in [2.24, 2.45) is 28.6 Å². The Morgan fingerprint density at radius 3 is 2.50 bits per heavy atom. The molecule has 0 heterocycles. The lowest BCUT2D eigenvalue weighted by atomic mass is 9.44. The lowest BCUT2D eigenvalue weighted by Crippen LogP contribution is -2.63. The van der Waals surface area contributed by atoms with Crippen LogP contribution >= 0.6 is 0 Å². The first kappa shape index (κ1) is 21.0. The average molecular weight is 364 g/mol. The zero-order chi connectivity index (χ0) is 19.5. The number of allylic oxidation sites excluding steroid dienone is 2. The highest BCUT2D eigenvalue weighted by Crippen LogP contribution is 2.61. The zero-order valence-corrected chi connectivity index (χ0v) is 17.2. The van der Waals surface area contributed by atoms with E-state index in [4.69, 9.17) is 0 Å². The Balaban J connectivity index is 1.91. The van der Waals surface area contributed by atoms with E-state index in [1.54, 1.807) is 13.8 Å². The largest absolute Gasteiger partial charge is 0.481 e. The zero-order valence-electron chi connectivity index (χ0n) is 17.2. The van der Waals surface area contributed by atoms with E-state index in [1.165, 1.54) is 12.8 Å². The Labute approximate surface area is 158 Å². The predicted octanol–water partition coefficient (Wildman–Crippen LogP) is 4.79. The molecule has 2 bridgehead atoms. The summed E-state index contributed by atoms with van der Waals surface area (Å²) in [7, 11) is 0. The molecule has 3 rings (SSSR count). The van der Waals surface area contributed by atoms with Gasteiger partial charge in [-0.2, -0.15) is 0 Å². The third kappa shape index (κ3) is 4.50. The van der Waals surface area contributed by atoms with Crippen molar-refractivity contribution in [1.82, 2.24) is 5.32 Å². The summed E-state index contributed by atoms with van der Waals surface area (Å²) in [5.41, 5.74) is -0.326. The number of rotatable bonds is 9. The number of amides is 1. The number of carbonyl (C=O) groups excluding carboxylic acids is 1. The van der Waals surface area contributed by atoms with Gasteiger partial charge in [-0.3, -0.25) is 9.59 Å². The van der Waals surface area contributed by atoms with Crippen molar-refractivity contribution in [3.63, 3.8) is 0 Å². The van der Waals surface area contributed by atoms with Gasteiger partial charge in [-0.1, -0.05) is 32.9 Å². The molecule has 26 heavy (non-hydrogen) atoms. The monoisotopic (exact) mass is 363 g/mol. The van der Waals surface area contributed by atoms with Gasteiger partial charge in [-0.25, -0.2) is 0 Å². The molecule has 3 aliphatic carbocycles. The van der Waals surface area contributed by atoms with Gasteiger partial charge in [0.15, 0.2) is 0 Å². The fourth-order valence-electron chi connectivity index (χ4n) is 4.79. The van der Waals surface area contributed by atoms with Gasteiger partial charge in [-0.05, 0) is 75.5 Å². The van der Waals surface area contributed by atoms with E-state index in [0.29, 0.717) is 30.1 Å². The van der Waals surface area contributed by atoms with Crippen LogP contribution in [0.1, 0.15) is 79.6 Å². The first-order chi connectivity index (χ1) is 12.1. The number of carbonyl (C=O) groups is 2. The Kier molecular flexibility index (Phi) is 6.57. The molecule has 0 spiro atoms.